The van der Waals surface area contributed by atoms with Gasteiger partial charge in [0.15, 0.2) is 0 Å². The molecule has 110 valence electrons. The first-order valence-corrected chi connectivity index (χ1v) is 7.41. The molecule has 1 heterocycles. The molecule has 1 aliphatic rings. The van der Waals surface area contributed by atoms with Gasteiger partial charge in [-0.15, -0.1) is 0 Å². The molecule has 4 nitrogen and oxygen atoms in total. The van der Waals surface area contributed by atoms with Crippen LogP contribution in [-0.2, 0) is 4.79 Å². The van der Waals surface area contributed by atoms with Crippen molar-refractivity contribution in [3.05, 3.63) is 24.3 Å². The maximum Gasteiger partial charge on any atom is 0.239 e. The third kappa shape index (κ3) is 3.65. The fraction of sp³-hybridized carbons (Fsp3) is 0.562. The number of rotatable bonds is 4. The summed E-state index contributed by atoms with van der Waals surface area (Å²) >= 11 is 0. The Morgan fingerprint density at radius 1 is 1.40 bits per heavy atom. The van der Waals surface area contributed by atoms with Crippen molar-refractivity contribution in [1.82, 2.24) is 5.32 Å². The van der Waals surface area contributed by atoms with Gasteiger partial charge < -0.3 is 15.5 Å². The lowest BCUT2D eigenvalue weighted by atomic mass is 10.0. The van der Waals surface area contributed by atoms with E-state index in [1.807, 2.05) is 12.1 Å². The molecule has 4 heteroatoms. The zero-order chi connectivity index (χ0) is 14.6. The van der Waals surface area contributed by atoms with Crippen LogP contribution in [0.25, 0.3) is 0 Å². The molecule has 0 atom stereocenters. The van der Waals surface area contributed by atoms with Crippen molar-refractivity contribution in [2.45, 2.75) is 39.2 Å². The summed E-state index contributed by atoms with van der Waals surface area (Å²) in [4.78, 5) is 14.4. The van der Waals surface area contributed by atoms with Crippen molar-refractivity contribution in [3.63, 3.8) is 0 Å². The number of fused-ring (bicyclic) bond motifs is 1. The van der Waals surface area contributed by atoms with E-state index in [0.717, 1.165) is 37.3 Å². The predicted molar refractivity (Wildman–Crippen MR) is 84.3 cm³/mol. The van der Waals surface area contributed by atoms with Crippen LogP contribution in [0, 0.1) is 0 Å². The Hall–Kier alpha value is -1.71. The highest BCUT2D eigenvalue weighted by molar-refractivity contribution is 5.84. The molecule has 0 radical (unpaired) electrons. The number of benzene rings is 1. The van der Waals surface area contributed by atoms with Crippen LogP contribution in [0.3, 0.4) is 0 Å². The topological polar surface area (TPSA) is 44.4 Å². The average molecular weight is 275 g/mol. The van der Waals surface area contributed by atoms with E-state index >= 15 is 0 Å². The summed E-state index contributed by atoms with van der Waals surface area (Å²) in [6, 6.07) is 8.19. The number of anilines is 2. The highest BCUT2D eigenvalue weighted by Gasteiger charge is 2.21. The molecule has 1 aromatic rings. The summed E-state index contributed by atoms with van der Waals surface area (Å²) in [6.45, 7) is 8.48. The predicted octanol–water partition coefficient (Wildman–Crippen LogP) is 2.61. The van der Waals surface area contributed by atoms with Gasteiger partial charge in [0.1, 0.15) is 0 Å². The molecule has 0 bridgehead atoms. The highest BCUT2D eigenvalue weighted by Crippen LogP contribution is 2.27. The number of nitrogens with zero attached hydrogens (tertiary/aromatic N) is 1. The van der Waals surface area contributed by atoms with Gasteiger partial charge in [0.05, 0.1) is 17.9 Å². The molecule has 0 spiro atoms. The van der Waals surface area contributed by atoms with Gasteiger partial charge >= 0.3 is 0 Å². The van der Waals surface area contributed by atoms with Crippen LogP contribution in [0.1, 0.15) is 33.6 Å². The van der Waals surface area contributed by atoms with Crippen LogP contribution in [0.2, 0.25) is 0 Å². The summed E-state index contributed by atoms with van der Waals surface area (Å²) in [5.74, 6) is 0.0913. The van der Waals surface area contributed by atoms with E-state index < -0.39 is 0 Å². The van der Waals surface area contributed by atoms with E-state index in [0.29, 0.717) is 6.54 Å². The molecule has 1 amide bonds. The van der Waals surface area contributed by atoms with Gasteiger partial charge in [0.25, 0.3) is 0 Å². The minimum Gasteiger partial charge on any atom is -0.383 e. The Morgan fingerprint density at radius 2 is 2.15 bits per heavy atom. The maximum absolute atomic E-state index is 12.2. The minimum absolute atomic E-state index is 0.0913. The van der Waals surface area contributed by atoms with Crippen molar-refractivity contribution in [1.29, 1.82) is 0 Å². The fourth-order valence-corrected chi connectivity index (χ4v) is 2.36. The van der Waals surface area contributed by atoms with Crippen LogP contribution >= 0.6 is 0 Å². The molecule has 0 unspecified atom stereocenters. The molecule has 0 saturated heterocycles. The van der Waals surface area contributed by atoms with Gasteiger partial charge in [-0.25, -0.2) is 0 Å². The van der Waals surface area contributed by atoms with E-state index in [-0.39, 0.29) is 11.4 Å². The van der Waals surface area contributed by atoms with Gasteiger partial charge in [-0.2, -0.15) is 0 Å². The standard InChI is InChI=1S/C16H25N3O/c1-4-16(2,3)18-15(20)12-19-11-7-10-17-13-8-5-6-9-14(13)19/h5-6,8-9,17H,4,7,10-12H2,1-3H3,(H,18,20). The second-order valence-electron chi connectivity index (χ2n) is 6.00. The number of carbonyl (C=O) groups excluding carboxylic acids is 1. The molecule has 0 saturated carbocycles. The Bertz CT molecular complexity index is 471. The first-order valence-electron chi connectivity index (χ1n) is 7.41. The van der Waals surface area contributed by atoms with E-state index in [2.05, 4.69) is 48.4 Å². The van der Waals surface area contributed by atoms with Gasteiger partial charge in [-0.05, 0) is 38.8 Å². The Kier molecular flexibility index (Phi) is 4.53. The Labute approximate surface area is 121 Å². The molecular weight excluding hydrogens is 250 g/mol. The lowest BCUT2D eigenvalue weighted by molar-refractivity contribution is -0.121. The van der Waals surface area contributed by atoms with Gasteiger partial charge in [0.2, 0.25) is 5.91 Å². The molecule has 1 aliphatic heterocycles. The van der Waals surface area contributed by atoms with Gasteiger partial charge in [-0.3, -0.25) is 4.79 Å². The van der Waals surface area contributed by atoms with E-state index in [4.69, 9.17) is 0 Å². The second kappa shape index (κ2) is 6.16. The van der Waals surface area contributed by atoms with E-state index in [1.54, 1.807) is 0 Å². The minimum atomic E-state index is -0.138. The van der Waals surface area contributed by atoms with Crippen LogP contribution in [-0.4, -0.2) is 31.1 Å². The van der Waals surface area contributed by atoms with Crippen molar-refractivity contribution in [2.24, 2.45) is 0 Å². The fourth-order valence-electron chi connectivity index (χ4n) is 2.36. The monoisotopic (exact) mass is 275 g/mol. The van der Waals surface area contributed by atoms with E-state index in [1.165, 1.54) is 0 Å². The molecule has 20 heavy (non-hydrogen) atoms. The van der Waals surface area contributed by atoms with Crippen LogP contribution in [0.15, 0.2) is 24.3 Å². The largest absolute Gasteiger partial charge is 0.383 e. The first-order chi connectivity index (χ1) is 9.52. The average Bonchev–Trinajstić information content (AvgIpc) is 2.61. The summed E-state index contributed by atoms with van der Waals surface area (Å²) in [7, 11) is 0. The summed E-state index contributed by atoms with van der Waals surface area (Å²) in [5, 5.41) is 6.52. The van der Waals surface area contributed by atoms with E-state index in [9.17, 15) is 4.79 Å². The lowest BCUT2D eigenvalue weighted by Crippen LogP contribution is -2.47. The number of para-hydroxylation sites is 2. The van der Waals surface area contributed by atoms with Crippen molar-refractivity contribution < 1.29 is 4.79 Å². The summed E-state index contributed by atoms with van der Waals surface area (Å²) in [6.07, 6.45) is 1.97. The highest BCUT2D eigenvalue weighted by atomic mass is 16.2. The second-order valence-corrected chi connectivity index (χ2v) is 6.00. The third-order valence-electron chi connectivity index (χ3n) is 3.86. The number of carbonyl (C=O) groups is 1. The normalized spacial score (nSPS) is 15.1. The molecule has 1 aromatic carbocycles. The molecule has 0 fully saturated rings. The molecular formula is C16H25N3O. The number of amides is 1. The molecule has 2 rings (SSSR count). The number of nitrogens with one attached hydrogen (secondary N) is 2. The Balaban J connectivity index is 2.07. The molecule has 0 aromatic heterocycles. The van der Waals surface area contributed by atoms with Crippen LogP contribution in [0.4, 0.5) is 11.4 Å². The van der Waals surface area contributed by atoms with Gasteiger partial charge in [-0.1, -0.05) is 19.1 Å². The summed E-state index contributed by atoms with van der Waals surface area (Å²) in [5.41, 5.74) is 2.10. The quantitative estimate of drug-likeness (QED) is 0.888. The molecule has 0 aliphatic carbocycles. The van der Waals surface area contributed by atoms with Crippen LogP contribution < -0.4 is 15.5 Å². The zero-order valence-corrected chi connectivity index (χ0v) is 12.7. The number of hydrogen-bond acceptors (Lipinski definition) is 3. The summed E-state index contributed by atoms with van der Waals surface area (Å²) < 4.78 is 0. The SMILES string of the molecule is CCC(C)(C)NC(=O)CN1CCCNc2ccccc21. The third-order valence-corrected chi connectivity index (χ3v) is 3.86. The van der Waals surface area contributed by atoms with Gasteiger partial charge in [0, 0.05) is 18.6 Å². The molecule has 2 N–H and O–H groups in total. The van der Waals surface area contributed by atoms with Crippen molar-refractivity contribution >= 4 is 17.3 Å². The number of hydrogen-bond donors (Lipinski definition) is 2. The zero-order valence-electron chi connectivity index (χ0n) is 12.7. The first kappa shape index (κ1) is 14.7. The van der Waals surface area contributed by atoms with Crippen LogP contribution in [0.5, 0.6) is 0 Å². The smallest absolute Gasteiger partial charge is 0.239 e. The maximum atomic E-state index is 12.2. The van der Waals surface area contributed by atoms with Crippen molar-refractivity contribution in [2.75, 3.05) is 29.9 Å². The lowest BCUT2D eigenvalue weighted by Gasteiger charge is -2.28. The Morgan fingerprint density at radius 3 is 2.90 bits per heavy atom. The van der Waals surface area contributed by atoms with Crippen molar-refractivity contribution in [3.8, 4) is 0 Å².